The Kier molecular flexibility index (Phi) is 6.20. The average molecular weight is 353 g/mol. The molecule has 21 heavy (non-hydrogen) atoms. The molecule has 0 fully saturated rings. The fourth-order valence-electron chi connectivity index (χ4n) is 1.98. The molecular formula is C15H21BrN4O. The molecule has 0 bridgehead atoms. The van der Waals surface area contributed by atoms with E-state index in [-0.39, 0.29) is 0 Å². The van der Waals surface area contributed by atoms with E-state index in [0.717, 1.165) is 42.1 Å². The smallest absolute Gasteiger partial charge is 0.164 e. The molecule has 1 heterocycles. The van der Waals surface area contributed by atoms with Gasteiger partial charge in [-0.3, -0.25) is 0 Å². The minimum atomic E-state index is 0.433. The van der Waals surface area contributed by atoms with Crippen LogP contribution in [0.2, 0.25) is 0 Å². The normalized spacial score (nSPS) is 10.8. The van der Waals surface area contributed by atoms with Crippen LogP contribution in [0.4, 0.5) is 0 Å². The van der Waals surface area contributed by atoms with Crippen molar-refractivity contribution in [2.24, 2.45) is 0 Å². The molecule has 1 N–H and O–H groups in total. The number of nitrogens with zero attached hydrogens (tertiary/aromatic N) is 3. The Morgan fingerprint density at radius 1 is 1.33 bits per heavy atom. The van der Waals surface area contributed by atoms with Crippen LogP contribution in [0, 0.1) is 0 Å². The molecule has 0 aliphatic heterocycles. The van der Waals surface area contributed by atoms with Crippen molar-refractivity contribution in [1.82, 2.24) is 20.1 Å². The fraction of sp³-hybridized carbons (Fsp3) is 0.467. The molecule has 2 aromatic rings. The zero-order valence-electron chi connectivity index (χ0n) is 12.5. The van der Waals surface area contributed by atoms with Crippen LogP contribution < -0.4 is 10.1 Å². The van der Waals surface area contributed by atoms with E-state index in [1.54, 1.807) is 6.33 Å². The average Bonchev–Trinajstić information content (AvgIpc) is 2.93. The van der Waals surface area contributed by atoms with Crippen LogP contribution in [-0.4, -0.2) is 21.3 Å². The summed E-state index contributed by atoms with van der Waals surface area (Å²) in [6.07, 6.45) is 2.61. The molecular weight excluding hydrogens is 332 g/mol. The highest BCUT2D eigenvalue weighted by molar-refractivity contribution is 9.10. The standard InChI is InChI=1S/C15H21BrN4O/c1-3-7-20-15(18-11-19-20)10-21-13-5-6-14(16)12(8-13)9-17-4-2/h5-6,8,11,17H,3-4,7,9-10H2,1-2H3. The number of rotatable bonds is 8. The summed E-state index contributed by atoms with van der Waals surface area (Å²) >= 11 is 3.56. The minimum absolute atomic E-state index is 0.433. The molecule has 0 aliphatic carbocycles. The van der Waals surface area contributed by atoms with Crippen LogP contribution in [-0.2, 0) is 19.7 Å². The summed E-state index contributed by atoms with van der Waals surface area (Å²) < 4.78 is 8.82. The van der Waals surface area contributed by atoms with Gasteiger partial charge in [0, 0.05) is 17.6 Å². The van der Waals surface area contributed by atoms with Gasteiger partial charge >= 0.3 is 0 Å². The van der Waals surface area contributed by atoms with Crippen LogP contribution in [0.3, 0.4) is 0 Å². The van der Waals surface area contributed by atoms with Crippen LogP contribution >= 0.6 is 15.9 Å². The van der Waals surface area contributed by atoms with Gasteiger partial charge in [-0.05, 0) is 36.7 Å². The fourth-order valence-corrected chi connectivity index (χ4v) is 2.37. The largest absolute Gasteiger partial charge is 0.486 e. The molecule has 6 heteroatoms. The Balaban J connectivity index is 2.00. The molecule has 1 aromatic heterocycles. The number of hydrogen-bond acceptors (Lipinski definition) is 4. The number of ether oxygens (including phenoxy) is 1. The van der Waals surface area contributed by atoms with Crippen LogP contribution in [0.25, 0.3) is 0 Å². The van der Waals surface area contributed by atoms with Gasteiger partial charge in [0.1, 0.15) is 18.7 Å². The van der Waals surface area contributed by atoms with Crippen LogP contribution in [0.1, 0.15) is 31.7 Å². The van der Waals surface area contributed by atoms with Crippen molar-refractivity contribution in [3.8, 4) is 5.75 Å². The van der Waals surface area contributed by atoms with Gasteiger partial charge in [0.15, 0.2) is 5.82 Å². The number of aromatic nitrogens is 3. The maximum absolute atomic E-state index is 5.84. The third-order valence-corrected chi connectivity index (χ3v) is 3.86. The minimum Gasteiger partial charge on any atom is -0.486 e. The summed E-state index contributed by atoms with van der Waals surface area (Å²) in [4.78, 5) is 4.24. The summed E-state index contributed by atoms with van der Waals surface area (Å²) in [7, 11) is 0. The zero-order chi connectivity index (χ0) is 15.1. The quantitative estimate of drug-likeness (QED) is 0.792. The second kappa shape index (κ2) is 8.14. The van der Waals surface area contributed by atoms with E-state index in [9.17, 15) is 0 Å². The van der Waals surface area contributed by atoms with Gasteiger partial charge in [0.2, 0.25) is 0 Å². The van der Waals surface area contributed by atoms with Crippen molar-refractivity contribution >= 4 is 15.9 Å². The number of hydrogen-bond donors (Lipinski definition) is 1. The van der Waals surface area contributed by atoms with E-state index in [1.807, 2.05) is 22.9 Å². The first-order valence-electron chi connectivity index (χ1n) is 7.23. The third-order valence-electron chi connectivity index (χ3n) is 3.08. The predicted molar refractivity (Wildman–Crippen MR) is 86.2 cm³/mol. The number of aryl methyl sites for hydroxylation is 1. The van der Waals surface area contributed by atoms with Gasteiger partial charge in [0.25, 0.3) is 0 Å². The highest BCUT2D eigenvalue weighted by Crippen LogP contribution is 2.23. The second-order valence-corrected chi connectivity index (χ2v) is 5.58. The first-order valence-corrected chi connectivity index (χ1v) is 8.02. The highest BCUT2D eigenvalue weighted by Gasteiger charge is 2.06. The highest BCUT2D eigenvalue weighted by atomic mass is 79.9. The van der Waals surface area contributed by atoms with E-state index in [0.29, 0.717) is 6.61 Å². The molecule has 2 rings (SSSR count). The van der Waals surface area contributed by atoms with Gasteiger partial charge in [0.05, 0.1) is 0 Å². The summed E-state index contributed by atoms with van der Waals surface area (Å²) in [6.45, 7) is 7.27. The lowest BCUT2D eigenvalue weighted by Crippen LogP contribution is -2.12. The van der Waals surface area contributed by atoms with Crippen LogP contribution in [0.5, 0.6) is 5.75 Å². The van der Waals surface area contributed by atoms with Crippen molar-refractivity contribution in [2.45, 2.75) is 40.0 Å². The Hall–Kier alpha value is -1.40. The lowest BCUT2D eigenvalue weighted by molar-refractivity contribution is 0.286. The molecule has 1 aromatic carbocycles. The van der Waals surface area contributed by atoms with Gasteiger partial charge in [-0.1, -0.05) is 29.8 Å². The second-order valence-electron chi connectivity index (χ2n) is 4.72. The maximum atomic E-state index is 5.84. The third kappa shape index (κ3) is 4.54. The maximum Gasteiger partial charge on any atom is 0.164 e. The van der Waals surface area contributed by atoms with Crippen molar-refractivity contribution in [3.05, 3.63) is 40.4 Å². The van der Waals surface area contributed by atoms with Crippen molar-refractivity contribution in [3.63, 3.8) is 0 Å². The Bertz CT molecular complexity index is 571. The first kappa shape index (κ1) is 16.0. The molecule has 114 valence electrons. The summed E-state index contributed by atoms with van der Waals surface area (Å²) in [5.41, 5.74) is 1.18. The molecule has 0 saturated heterocycles. The van der Waals surface area contributed by atoms with Gasteiger partial charge in [-0.15, -0.1) is 0 Å². The van der Waals surface area contributed by atoms with Gasteiger partial charge in [-0.2, -0.15) is 5.10 Å². The Morgan fingerprint density at radius 2 is 2.19 bits per heavy atom. The summed E-state index contributed by atoms with van der Waals surface area (Å²) in [5.74, 6) is 1.70. The number of nitrogens with one attached hydrogen (secondary N) is 1. The molecule has 0 amide bonds. The monoisotopic (exact) mass is 352 g/mol. The number of halogens is 1. The SMILES string of the molecule is CCCn1ncnc1COc1ccc(Br)c(CNCC)c1. The van der Waals surface area contributed by atoms with E-state index in [4.69, 9.17) is 4.74 Å². The van der Waals surface area contributed by atoms with Crippen molar-refractivity contribution < 1.29 is 4.74 Å². The predicted octanol–water partition coefficient (Wildman–Crippen LogP) is 3.14. The number of benzene rings is 1. The molecule has 0 aliphatic rings. The van der Waals surface area contributed by atoms with Gasteiger partial charge < -0.3 is 10.1 Å². The van der Waals surface area contributed by atoms with Crippen LogP contribution in [0.15, 0.2) is 29.0 Å². The molecule has 0 atom stereocenters. The molecule has 5 nitrogen and oxygen atoms in total. The van der Waals surface area contributed by atoms with Crippen molar-refractivity contribution in [2.75, 3.05) is 6.54 Å². The lowest BCUT2D eigenvalue weighted by atomic mass is 10.2. The molecule has 0 unspecified atom stereocenters. The molecule has 0 radical (unpaired) electrons. The zero-order valence-corrected chi connectivity index (χ0v) is 14.1. The van der Waals surface area contributed by atoms with E-state index < -0.39 is 0 Å². The first-order chi connectivity index (χ1) is 10.2. The topological polar surface area (TPSA) is 52.0 Å². The molecule has 0 saturated carbocycles. The van der Waals surface area contributed by atoms with E-state index in [2.05, 4.69) is 45.2 Å². The Morgan fingerprint density at radius 3 is 2.95 bits per heavy atom. The Labute approximate surface area is 133 Å². The summed E-state index contributed by atoms with van der Waals surface area (Å²) in [6, 6.07) is 6.02. The summed E-state index contributed by atoms with van der Waals surface area (Å²) in [5, 5.41) is 7.51. The van der Waals surface area contributed by atoms with Crippen molar-refractivity contribution in [1.29, 1.82) is 0 Å². The van der Waals surface area contributed by atoms with E-state index in [1.165, 1.54) is 5.56 Å². The van der Waals surface area contributed by atoms with Gasteiger partial charge in [-0.25, -0.2) is 9.67 Å². The van der Waals surface area contributed by atoms with E-state index >= 15 is 0 Å². The molecule has 0 spiro atoms. The lowest BCUT2D eigenvalue weighted by Gasteiger charge is -2.10.